The SMILES string of the molecule is CCC1(CNS(=O)(=O)c2cc([N+](=O)[O-])ccc2NN)CC1. The predicted molar refractivity (Wildman–Crippen MR) is 78.1 cm³/mol. The van der Waals surface area contributed by atoms with Gasteiger partial charge in [0, 0.05) is 18.7 Å². The van der Waals surface area contributed by atoms with Crippen molar-refractivity contribution in [3.63, 3.8) is 0 Å². The van der Waals surface area contributed by atoms with Crippen LogP contribution in [0.1, 0.15) is 26.2 Å². The van der Waals surface area contributed by atoms with Gasteiger partial charge in [-0.3, -0.25) is 16.0 Å². The quantitative estimate of drug-likeness (QED) is 0.396. The number of nitro benzene ring substituents is 1. The van der Waals surface area contributed by atoms with Crippen LogP contribution in [0.2, 0.25) is 0 Å². The Morgan fingerprint density at radius 2 is 2.10 bits per heavy atom. The number of benzene rings is 1. The van der Waals surface area contributed by atoms with Crippen LogP contribution in [0, 0.1) is 15.5 Å². The van der Waals surface area contributed by atoms with Crippen LogP contribution >= 0.6 is 0 Å². The topological polar surface area (TPSA) is 127 Å². The molecule has 1 aromatic rings. The number of hydrogen-bond acceptors (Lipinski definition) is 6. The summed E-state index contributed by atoms with van der Waals surface area (Å²) < 4.78 is 27.2. The maximum absolute atomic E-state index is 12.3. The molecule has 1 aromatic carbocycles. The highest BCUT2D eigenvalue weighted by atomic mass is 32.2. The Labute approximate surface area is 122 Å². The molecule has 0 atom stereocenters. The molecule has 0 aliphatic heterocycles. The van der Waals surface area contributed by atoms with Crippen molar-refractivity contribution in [2.45, 2.75) is 31.1 Å². The molecule has 116 valence electrons. The Kier molecular flexibility index (Phi) is 4.17. The van der Waals surface area contributed by atoms with E-state index in [1.807, 2.05) is 6.92 Å². The average Bonchev–Trinajstić information content (AvgIpc) is 3.25. The lowest BCUT2D eigenvalue weighted by molar-refractivity contribution is -0.385. The molecule has 8 nitrogen and oxygen atoms in total. The summed E-state index contributed by atoms with van der Waals surface area (Å²) in [6, 6.07) is 3.48. The zero-order valence-corrected chi connectivity index (χ0v) is 12.4. The lowest BCUT2D eigenvalue weighted by Gasteiger charge is -2.15. The fraction of sp³-hybridized carbons (Fsp3) is 0.500. The van der Waals surface area contributed by atoms with Gasteiger partial charge in [-0.05, 0) is 30.7 Å². The molecule has 1 aliphatic carbocycles. The van der Waals surface area contributed by atoms with E-state index in [-0.39, 0.29) is 21.7 Å². The van der Waals surface area contributed by atoms with Gasteiger partial charge in [0.15, 0.2) is 0 Å². The molecule has 0 aromatic heterocycles. The number of anilines is 1. The Bertz CT molecular complexity index is 655. The first-order valence-corrected chi connectivity index (χ1v) is 8.07. The molecule has 0 bridgehead atoms. The van der Waals surface area contributed by atoms with Gasteiger partial charge < -0.3 is 5.43 Å². The van der Waals surface area contributed by atoms with Crippen molar-refractivity contribution in [3.05, 3.63) is 28.3 Å². The van der Waals surface area contributed by atoms with Gasteiger partial charge in [-0.2, -0.15) is 0 Å². The van der Waals surface area contributed by atoms with Gasteiger partial charge >= 0.3 is 0 Å². The molecular weight excluding hydrogens is 296 g/mol. The minimum Gasteiger partial charge on any atom is -0.323 e. The number of nitrogens with zero attached hydrogens (tertiary/aromatic N) is 1. The van der Waals surface area contributed by atoms with E-state index >= 15 is 0 Å². The summed E-state index contributed by atoms with van der Waals surface area (Å²) in [5.74, 6) is 5.28. The Morgan fingerprint density at radius 1 is 1.43 bits per heavy atom. The standard InChI is InChI=1S/C12H18N4O4S/c1-2-12(5-6-12)8-14-21(19,20)11-7-9(16(17)18)3-4-10(11)15-13/h3-4,7,14-15H,2,5-6,8,13H2,1H3. The lowest BCUT2D eigenvalue weighted by atomic mass is 10.1. The van der Waals surface area contributed by atoms with Gasteiger partial charge in [-0.1, -0.05) is 6.92 Å². The Morgan fingerprint density at radius 3 is 2.57 bits per heavy atom. The van der Waals surface area contributed by atoms with Crippen molar-refractivity contribution in [1.29, 1.82) is 0 Å². The molecule has 4 N–H and O–H groups in total. The van der Waals surface area contributed by atoms with Gasteiger partial charge in [0.1, 0.15) is 4.90 Å². The predicted octanol–water partition coefficient (Wildman–Crippen LogP) is 1.35. The highest BCUT2D eigenvalue weighted by Gasteiger charge is 2.41. The lowest BCUT2D eigenvalue weighted by Crippen LogP contribution is -2.31. The summed E-state index contributed by atoms with van der Waals surface area (Å²) >= 11 is 0. The second kappa shape index (κ2) is 5.58. The first-order chi connectivity index (χ1) is 9.83. The highest BCUT2D eigenvalue weighted by molar-refractivity contribution is 7.89. The van der Waals surface area contributed by atoms with Crippen molar-refractivity contribution < 1.29 is 13.3 Å². The number of nitrogen functional groups attached to an aromatic ring is 1. The second-order valence-electron chi connectivity index (χ2n) is 5.26. The van der Waals surface area contributed by atoms with Crippen LogP contribution in [-0.4, -0.2) is 19.9 Å². The van der Waals surface area contributed by atoms with Gasteiger partial charge in [0.25, 0.3) is 5.69 Å². The maximum Gasteiger partial charge on any atom is 0.270 e. The summed E-state index contributed by atoms with van der Waals surface area (Å²) in [6.07, 6.45) is 2.87. The first kappa shape index (κ1) is 15.7. The van der Waals surface area contributed by atoms with E-state index in [0.29, 0.717) is 6.54 Å². The van der Waals surface area contributed by atoms with Crippen LogP contribution in [0.4, 0.5) is 11.4 Å². The molecule has 0 heterocycles. The van der Waals surface area contributed by atoms with E-state index < -0.39 is 14.9 Å². The molecule has 9 heteroatoms. The molecule has 2 rings (SSSR count). The monoisotopic (exact) mass is 314 g/mol. The van der Waals surface area contributed by atoms with Gasteiger partial charge in [-0.25, -0.2) is 13.1 Å². The molecule has 0 amide bonds. The number of nitro groups is 1. The van der Waals surface area contributed by atoms with E-state index in [1.54, 1.807) is 0 Å². The Hall–Kier alpha value is -1.71. The molecule has 0 spiro atoms. The van der Waals surface area contributed by atoms with Crippen molar-refractivity contribution in [3.8, 4) is 0 Å². The van der Waals surface area contributed by atoms with Crippen molar-refractivity contribution in [2.75, 3.05) is 12.0 Å². The van der Waals surface area contributed by atoms with E-state index in [4.69, 9.17) is 5.84 Å². The van der Waals surface area contributed by atoms with Crippen LogP contribution in [0.5, 0.6) is 0 Å². The zero-order chi connectivity index (χ0) is 15.7. The van der Waals surface area contributed by atoms with Crippen LogP contribution < -0.4 is 16.0 Å². The fourth-order valence-electron chi connectivity index (χ4n) is 2.12. The summed E-state index contributed by atoms with van der Waals surface area (Å²) in [5, 5.41) is 10.8. The molecule has 0 saturated heterocycles. The van der Waals surface area contributed by atoms with Crippen LogP contribution in [0.25, 0.3) is 0 Å². The van der Waals surface area contributed by atoms with Crippen molar-refractivity contribution >= 4 is 21.4 Å². The smallest absolute Gasteiger partial charge is 0.270 e. The summed E-state index contributed by atoms with van der Waals surface area (Å²) in [5.41, 5.74) is 2.10. The molecule has 0 radical (unpaired) electrons. The first-order valence-electron chi connectivity index (χ1n) is 6.58. The molecule has 1 saturated carbocycles. The number of sulfonamides is 1. The number of non-ortho nitro benzene ring substituents is 1. The average molecular weight is 314 g/mol. The fourth-order valence-corrected chi connectivity index (χ4v) is 3.47. The van der Waals surface area contributed by atoms with Crippen LogP contribution in [-0.2, 0) is 10.0 Å². The van der Waals surface area contributed by atoms with E-state index in [0.717, 1.165) is 25.3 Å². The zero-order valence-electron chi connectivity index (χ0n) is 11.6. The normalized spacial score (nSPS) is 16.5. The molecule has 0 unspecified atom stereocenters. The number of nitrogens with two attached hydrogens (primary N) is 1. The van der Waals surface area contributed by atoms with Crippen LogP contribution in [0.3, 0.4) is 0 Å². The molecule has 1 fully saturated rings. The minimum absolute atomic E-state index is 0.0318. The van der Waals surface area contributed by atoms with E-state index in [9.17, 15) is 18.5 Å². The number of rotatable bonds is 7. The molecule has 21 heavy (non-hydrogen) atoms. The van der Waals surface area contributed by atoms with Crippen LogP contribution in [0.15, 0.2) is 23.1 Å². The number of nitrogens with one attached hydrogen (secondary N) is 2. The van der Waals surface area contributed by atoms with Gasteiger partial charge in [-0.15, -0.1) is 0 Å². The van der Waals surface area contributed by atoms with E-state index in [1.165, 1.54) is 12.1 Å². The minimum atomic E-state index is -3.86. The summed E-state index contributed by atoms with van der Waals surface area (Å²) in [4.78, 5) is 9.93. The van der Waals surface area contributed by atoms with Gasteiger partial charge in [0.2, 0.25) is 10.0 Å². The second-order valence-corrected chi connectivity index (χ2v) is 7.00. The Balaban J connectivity index is 2.29. The highest BCUT2D eigenvalue weighted by Crippen LogP contribution is 2.48. The maximum atomic E-state index is 12.3. The molecular formula is C12H18N4O4S. The summed E-state index contributed by atoms with van der Waals surface area (Å²) in [7, 11) is -3.86. The molecule has 1 aliphatic rings. The third-order valence-corrected chi connectivity index (χ3v) is 5.41. The van der Waals surface area contributed by atoms with Crippen molar-refractivity contribution in [2.24, 2.45) is 11.3 Å². The van der Waals surface area contributed by atoms with Gasteiger partial charge in [0.05, 0.1) is 10.6 Å². The third kappa shape index (κ3) is 3.31. The largest absolute Gasteiger partial charge is 0.323 e. The number of hydrogen-bond donors (Lipinski definition) is 3. The third-order valence-electron chi connectivity index (χ3n) is 3.97. The van der Waals surface area contributed by atoms with Crippen molar-refractivity contribution in [1.82, 2.24) is 4.72 Å². The summed E-state index contributed by atoms with van der Waals surface area (Å²) in [6.45, 7) is 2.35. The number of hydrazine groups is 1. The van der Waals surface area contributed by atoms with E-state index in [2.05, 4.69) is 10.1 Å².